The molecule has 2 unspecified atom stereocenters. The molecule has 148 valence electrons. The predicted molar refractivity (Wildman–Crippen MR) is 117 cm³/mol. The van der Waals surface area contributed by atoms with Gasteiger partial charge in [0, 0.05) is 29.3 Å². The minimum Gasteiger partial charge on any atom is -0.279 e. The Bertz CT molecular complexity index is 1140. The molecule has 1 fully saturated rings. The van der Waals surface area contributed by atoms with Crippen molar-refractivity contribution in [3.8, 4) is 5.82 Å². The van der Waals surface area contributed by atoms with Crippen molar-refractivity contribution in [2.24, 2.45) is 10.9 Å². The summed E-state index contributed by atoms with van der Waals surface area (Å²) in [4.78, 5) is 13.9. The summed E-state index contributed by atoms with van der Waals surface area (Å²) >= 11 is 6.23. The molecule has 5 rings (SSSR count). The van der Waals surface area contributed by atoms with Crippen LogP contribution in [0.3, 0.4) is 0 Å². The fourth-order valence-electron chi connectivity index (χ4n) is 4.58. The highest BCUT2D eigenvalue weighted by Gasteiger charge is 2.26. The maximum atomic E-state index is 6.23. The maximum absolute atomic E-state index is 6.23. The quantitative estimate of drug-likeness (QED) is 0.544. The molecule has 29 heavy (non-hydrogen) atoms. The van der Waals surface area contributed by atoms with Crippen LogP contribution in [0.25, 0.3) is 16.7 Å². The molecule has 3 aromatic rings. The van der Waals surface area contributed by atoms with E-state index in [1.54, 1.807) is 6.20 Å². The van der Waals surface area contributed by atoms with Gasteiger partial charge in [-0.2, -0.15) is 5.10 Å². The Morgan fingerprint density at radius 1 is 1.21 bits per heavy atom. The Kier molecular flexibility index (Phi) is 4.70. The van der Waals surface area contributed by atoms with Gasteiger partial charge < -0.3 is 0 Å². The third kappa shape index (κ3) is 3.38. The van der Waals surface area contributed by atoms with Crippen LogP contribution >= 0.6 is 11.6 Å². The molecular weight excluding hydrogens is 382 g/mol. The van der Waals surface area contributed by atoms with Gasteiger partial charge in [0.15, 0.2) is 5.82 Å². The summed E-state index contributed by atoms with van der Waals surface area (Å²) in [6, 6.07) is 6.18. The lowest BCUT2D eigenvalue weighted by Gasteiger charge is -2.13. The number of nitrogens with zero attached hydrogens (tertiary/aromatic N) is 5. The normalized spacial score (nSPS) is 21.3. The SMILES string of the molecule is CCC1CCC(c2cc(C)cc(-n3nc(C4=NCC=C4)c4cnc(Cl)cc43)n2)C1. The highest BCUT2D eigenvalue weighted by atomic mass is 35.5. The van der Waals surface area contributed by atoms with Crippen LogP contribution in [0.15, 0.2) is 41.5 Å². The molecule has 4 heterocycles. The fraction of sp³-hybridized carbons (Fsp3) is 0.391. The zero-order chi connectivity index (χ0) is 20.0. The summed E-state index contributed by atoms with van der Waals surface area (Å²) in [7, 11) is 0. The van der Waals surface area contributed by atoms with E-state index in [1.165, 1.54) is 36.9 Å². The average Bonchev–Trinajstić information content (AvgIpc) is 3.46. The zero-order valence-electron chi connectivity index (χ0n) is 16.8. The smallest absolute Gasteiger partial charge is 0.154 e. The predicted octanol–water partition coefficient (Wildman–Crippen LogP) is 5.43. The summed E-state index contributed by atoms with van der Waals surface area (Å²) in [6.45, 7) is 5.11. The van der Waals surface area contributed by atoms with E-state index in [4.69, 9.17) is 21.7 Å². The van der Waals surface area contributed by atoms with E-state index >= 15 is 0 Å². The van der Waals surface area contributed by atoms with Gasteiger partial charge in [-0.15, -0.1) is 0 Å². The Morgan fingerprint density at radius 3 is 2.86 bits per heavy atom. The average molecular weight is 406 g/mol. The monoisotopic (exact) mass is 405 g/mol. The van der Waals surface area contributed by atoms with Crippen LogP contribution in [-0.2, 0) is 0 Å². The van der Waals surface area contributed by atoms with Crippen LogP contribution in [0.4, 0.5) is 0 Å². The first kappa shape index (κ1) is 18.5. The molecule has 6 heteroatoms. The topological polar surface area (TPSA) is 56.0 Å². The third-order valence-electron chi connectivity index (χ3n) is 6.15. The van der Waals surface area contributed by atoms with E-state index in [-0.39, 0.29) is 0 Å². The molecule has 0 radical (unpaired) electrons. The number of allylic oxidation sites excluding steroid dienone is 1. The molecule has 5 nitrogen and oxygen atoms in total. The Hall–Kier alpha value is -2.53. The largest absolute Gasteiger partial charge is 0.279 e. The van der Waals surface area contributed by atoms with Gasteiger partial charge in [-0.05, 0) is 55.9 Å². The van der Waals surface area contributed by atoms with E-state index in [1.807, 2.05) is 22.9 Å². The molecule has 1 saturated carbocycles. The second-order valence-electron chi connectivity index (χ2n) is 8.12. The molecule has 1 aliphatic carbocycles. The van der Waals surface area contributed by atoms with Crippen LogP contribution in [0.1, 0.15) is 55.5 Å². The first-order valence-electron chi connectivity index (χ1n) is 10.4. The molecule has 0 bridgehead atoms. The van der Waals surface area contributed by atoms with E-state index in [0.29, 0.717) is 17.6 Å². The second-order valence-corrected chi connectivity index (χ2v) is 8.51. The van der Waals surface area contributed by atoms with Gasteiger partial charge in [0.05, 0.1) is 17.8 Å². The van der Waals surface area contributed by atoms with Crippen molar-refractivity contribution in [2.45, 2.75) is 45.4 Å². The Labute approximate surface area is 175 Å². The van der Waals surface area contributed by atoms with Crippen molar-refractivity contribution in [3.63, 3.8) is 0 Å². The zero-order valence-corrected chi connectivity index (χ0v) is 17.5. The summed E-state index contributed by atoms with van der Waals surface area (Å²) in [5, 5.41) is 6.29. The molecule has 1 aliphatic heterocycles. The van der Waals surface area contributed by atoms with Crippen molar-refractivity contribution in [1.82, 2.24) is 19.7 Å². The van der Waals surface area contributed by atoms with E-state index < -0.39 is 0 Å². The third-order valence-corrected chi connectivity index (χ3v) is 6.35. The van der Waals surface area contributed by atoms with Gasteiger partial charge in [0.2, 0.25) is 0 Å². The summed E-state index contributed by atoms with van der Waals surface area (Å²) in [5.41, 5.74) is 5.00. The molecule has 0 spiro atoms. The van der Waals surface area contributed by atoms with Crippen molar-refractivity contribution < 1.29 is 0 Å². The molecule has 0 N–H and O–H groups in total. The van der Waals surface area contributed by atoms with Crippen LogP contribution < -0.4 is 0 Å². The van der Waals surface area contributed by atoms with Crippen molar-refractivity contribution >= 4 is 28.2 Å². The molecule has 3 aromatic heterocycles. The minimum atomic E-state index is 0.448. The summed E-state index contributed by atoms with van der Waals surface area (Å²) in [5.74, 6) is 2.19. The van der Waals surface area contributed by atoms with Gasteiger partial charge in [0.25, 0.3) is 0 Å². The molecule has 0 saturated heterocycles. The fourth-order valence-corrected chi connectivity index (χ4v) is 4.73. The first-order chi connectivity index (χ1) is 14.1. The van der Waals surface area contributed by atoms with Gasteiger partial charge in [-0.1, -0.05) is 31.0 Å². The standard InChI is InChI=1S/C23H24ClN5/c1-3-15-6-7-16(11-15)19-9-14(2)10-22(27-19)29-20-12-21(24)26-13-17(20)23(28-29)18-5-4-8-25-18/h4-5,9-10,12-13,15-16H,3,6-8,11H2,1-2H3. The molecular formula is C23H24ClN5. The first-order valence-corrected chi connectivity index (χ1v) is 10.7. The van der Waals surface area contributed by atoms with Crippen molar-refractivity contribution in [2.75, 3.05) is 6.54 Å². The number of rotatable bonds is 4. The van der Waals surface area contributed by atoms with Crippen LogP contribution in [0.2, 0.25) is 5.15 Å². The number of pyridine rings is 2. The van der Waals surface area contributed by atoms with Crippen molar-refractivity contribution in [1.29, 1.82) is 0 Å². The van der Waals surface area contributed by atoms with Crippen molar-refractivity contribution in [3.05, 3.63) is 58.7 Å². The number of aliphatic imine (C=N–C) groups is 1. The van der Waals surface area contributed by atoms with Gasteiger partial charge in [-0.25, -0.2) is 14.6 Å². The lowest BCUT2D eigenvalue weighted by Crippen LogP contribution is -2.07. The molecule has 2 atom stereocenters. The number of hydrogen-bond acceptors (Lipinski definition) is 4. The Balaban J connectivity index is 1.64. The van der Waals surface area contributed by atoms with E-state index in [2.05, 4.69) is 36.0 Å². The van der Waals surface area contributed by atoms with E-state index in [9.17, 15) is 0 Å². The Morgan fingerprint density at radius 2 is 2.10 bits per heavy atom. The lowest BCUT2D eigenvalue weighted by molar-refractivity contribution is 0.519. The summed E-state index contributed by atoms with van der Waals surface area (Å²) < 4.78 is 1.90. The molecule has 0 amide bonds. The van der Waals surface area contributed by atoms with Gasteiger partial charge in [0.1, 0.15) is 10.8 Å². The van der Waals surface area contributed by atoms with Gasteiger partial charge in [-0.3, -0.25) is 4.99 Å². The molecule has 2 aliphatic rings. The number of hydrogen-bond donors (Lipinski definition) is 0. The molecule has 0 aromatic carbocycles. The number of fused-ring (bicyclic) bond motifs is 1. The highest BCUT2D eigenvalue weighted by molar-refractivity contribution is 6.30. The second kappa shape index (κ2) is 7.38. The van der Waals surface area contributed by atoms with Crippen LogP contribution in [0, 0.1) is 12.8 Å². The van der Waals surface area contributed by atoms with Gasteiger partial charge >= 0.3 is 0 Å². The highest BCUT2D eigenvalue weighted by Crippen LogP contribution is 2.39. The van der Waals surface area contributed by atoms with Crippen LogP contribution in [-0.4, -0.2) is 32.0 Å². The number of aromatic nitrogens is 4. The maximum Gasteiger partial charge on any atom is 0.154 e. The van der Waals surface area contributed by atoms with E-state index in [0.717, 1.165) is 34.0 Å². The summed E-state index contributed by atoms with van der Waals surface area (Å²) in [6.07, 6.45) is 10.8. The number of halogens is 1. The van der Waals surface area contributed by atoms with Crippen LogP contribution in [0.5, 0.6) is 0 Å². The minimum absolute atomic E-state index is 0.448. The lowest BCUT2D eigenvalue weighted by atomic mass is 9.99. The number of aryl methyl sites for hydroxylation is 1.